The summed E-state index contributed by atoms with van der Waals surface area (Å²) in [4.78, 5) is 24.2. The van der Waals surface area contributed by atoms with Gasteiger partial charge in [-0.05, 0) is 36.4 Å². The molecule has 11 heteroatoms. The number of carbonyl (C=O) groups is 1. The Morgan fingerprint density at radius 2 is 1.71 bits per heavy atom. The largest absolute Gasteiger partial charge is 0.342 e. The molecule has 3 aromatic heterocycles. The molecule has 4 rings (SSSR count). The molecular weight excluding hydrogens is 468 g/mol. The molecule has 0 aliphatic rings. The lowest BCUT2D eigenvalue weighted by Crippen LogP contribution is -2.31. The highest BCUT2D eigenvalue weighted by atomic mass is 32.2. The number of nitrogens with zero attached hydrogens (tertiary/aromatic N) is 5. The van der Waals surface area contributed by atoms with Gasteiger partial charge in [0.1, 0.15) is 4.90 Å². The van der Waals surface area contributed by atoms with Crippen LogP contribution in [0, 0.1) is 0 Å². The number of rotatable bonds is 9. The second-order valence-electron chi connectivity index (χ2n) is 7.45. The summed E-state index contributed by atoms with van der Waals surface area (Å²) < 4.78 is 28.2. The fourth-order valence-electron chi connectivity index (χ4n) is 3.19. The minimum absolute atomic E-state index is 0.0391. The lowest BCUT2D eigenvalue weighted by Gasteiger charge is -2.21. The zero-order valence-electron chi connectivity index (χ0n) is 18.8. The molecule has 35 heavy (non-hydrogen) atoms. The lowest BCUT2D eigenvalue weighted by atomic mass is 10.1. The van der Waals surface area contributed by atoms with Gasteiger partial charge in [0, 0.05) is 24.9 Å². The molecule has 178 valence electrons. The van der Waals surface area contributed by atoms with Crippen molar-refractivity contribution >= 4 is 21.8 Å². The molecule has 0 atom stereocenters. The molecule has 0 unspecified atom stereocenters. The number of benzene rings is 1. The van der Waals surface area contributed by atoms with Crippen molar-refractivity contribution in [1.82, 2.24) is 24.5 Å². The Morgan fingerprint density at radius 3 is 2.40 bits per heavy atom. The van der Waals surface area contributed by atoms with Crippen molar-refractivity contribution in [2.24, 2.45) is 0 Å². The second-order valence-corrected chi connectivity index (χ2v) is 9.39. The van der Waals surface area contributed by atoms with E-state index in [2.05, 4.69) is 25.6 Å². The van der Waals surface area contributed by atoms with Crippen LogP contribution in [0.2, 0.25) is 0 Å². The molecular formula is C24H22N6O4S. The van der Waals surface area contributed by atoms with Gasteiger partial charge in [-0.25, -0.2) is 18.9 Å². The van der Waals surface area contributed by atoms with E-state index in [1.54, 1.807) is 36.4 Å². The minimum Gasteiger partial charge on any atom is -0.342 e. The maximum atomic E-state index is 13.5. The number of nitrogens with one attached hydrogen (secondary N) is 1. The van der Waals surface area contributed by atoms with Gasteiger partial charge in [0.2, 0.25) is 10.0 Å². The monoisotopic (exact) mass is 490 g/mol. The Labute approximate surface area is 202 Å². The Balaban J connectivity index is 1.61. The van der Waals surface area contributed by atoms with Gasteiger partial charge in [-0.1, -0.05) is 36.4 Å². The molecule has 10 nitrogen and oxygen atoms in total. The van der Waals surface area contributed by atoms with Gasteiger partial charge in [0.15, 0.2) is 5.82 Å². The number of sulfonamides is 1. The summed E-state index contributed by atoms with van der Waals surface area (Å²) in [5.74, 6) is -0.265. The summed E-state index contributed by atoms with van der Waals surface area (Å²) in [6.45, 7) is 1.15. The van der Waals surface area contributed by atoms with Crippen LogP contribution in [0.25, 0.3) is 11.3 Å². The SMILES string of the molecule is CC(=O)ONc1cccc(CN(Cc2ccc(-c3ccccc3)nn2)S(=O)(=O)c2cccnc2)n1. The quantitative estimate of drug-likeness (QED) is 0.352. The first-order chi connectivity index (χ1) is 16.9. The van der Waals surface area contributed by atoms with E-state index in [0.29, 0.717) is 17.1 Å². The van der Waals surface area contributed by atoms with Gasteiger partial charge >= 0.3 is 5.97 Å². The van der Waals surface area contributed by atoms with Crippen LogP contribution >= 0.6 is 0 Å². The maximum Gasteiger partial charge on any atom is 0.329 e. The smallest absolute Gasteiger partial charge is 0.329 e. The second kappa shape index (κ2) is 10.8. The molecule has 0 fully saturated rings. The molecule has 4 aromatic rings. The molecule has 0 bridgehead atoms. The fourth-order valence-corrected chi connectivity index (χ4v) is 4.54. The summed E-state index contributed by atoms with van der Waals surface area (Å²) in [6, 6.07) is 21.1. The molecule has 0 radical (unpaired) electrons. The topological polar surface area (TPSA) is 127 Å². The van der Waals surface area contributed by atoms with E-state index in [0.717, 1.165) is 5.56 Å². The van der Waals surface area contributed by atoms with Crippen molar-refractivity contribution in [2.45, 2.75) is 24.9 Å². The van der Waals surface area contributed by atoms with E-state index in [9.17, 15) is 13.2 Å². The summed E-state index contributed by atoms with van der Waals surface area (Å²) >= 11 is 0. The van der Waals surface area contributed by atoms with Crippen molar-refractivity contribution < 1.29 is 18.0 Å². The Bertz CT molecular complexity index is 1380. The fraction of sp³-hybridized carbons (Fsp3) is 0.125. The van der Waals surface area contributed by atoms with Gasteiger partial charge in [0.25, 0.3) is 0 Å². The zero-order valence-corrected chi connectivity index (χ0v) is 19.6. The first-order valence-corrected chi connectivity index (χ1v) is 12.0. The van der Waals surface area contributed by atoms with Crippen LogP contribution in [0.3, 0.4) is 0 Å². The van der Waals surface area contributed by atoms with E-state index in [1.165, 1.54) is 29.7 Å². The number of hydrogen-bond acceptors (Lipinski definition) is 9. The van der Waals surface area contributed by atoms with Crippen molar-refractivity contribution in [1.29, 1.82) is 0 Å². The standard InChI is InChI=1S/C24H22N6O4S/c1-18(31)34-29-24-11-5-9-20(26-24)16-30(35(32,33)22-10-6-14-25-15-22)17-21-12-13-23(28-27-21)19-7-3-2-4-8-19/h2-15H,16-17H2,1H3,(H,26,29). The molecule has 0 aliphatic heterocycles. The van der Waals surface area contributed by atoms with Gasteiger partial charge in [0.05, 0.1) is 30.2 Å². The number of aromatic nitrogens is 4. The zero-order chi connectivity index (χ0) is 24.7. The van der Waals surface area contributed by atoms with E-state index >= 15 is 0 Å². The molecule has 0 aliphatic carbocycles. The third-order valence-electron chi connectivity index (χ3n) is 4.84. The summed E-state index contributed by atoms with van der Waals surface area (Å²) in [6.07, 6.45) is 2.79. The van der Waals surface area contributed by atoms with Crippen molar-refractivity contribution in [2.75, 3.05) is 5.48 Å². The van der Waals surface area contributed by atoms with Gasteiger partial charge < -0.3 is 4.84 Å². The molecule has 0 spiro atoms. The number of anilines is 1. The maximum absolute atomic E-state index is 13.5. The van der Waals surface area contributed by atoms with Crippen LogP contribution in [-0.2, 0) is 32.7 Å². The molecule has 0 saturated heterocycles. The number of hydrogen-bond donors (Lipinski definition) is 1. The van der Waals surface area contributed by atoms with Crippen molar-refractivity contribution in [3.63, 3.8) is 0 Å². The minimum atomic E-state index is -3.94. The van der Waals surface area contributed by atoms with Gasteiger partial charge in [-0.2, -0.15) is 14.5 Å². The van der Waals surface area contributed by atoms with Crippen molar-refractivity contribution in [3.8, 4) is 11.3 Å². The van der Waals surface area contributed by atoms with Crippen LogP contribution in [0.5, 0.6) is 0 Å². The Hall–Kier alpha value is -4.22. The summed E-state index contributed by atoms with van der Waals surface area (Å²) in [7, 11) is -3.94. The van der Waals surface area contributed by atoms with E-state index in [4.69, 9.17) is 4.84 Å². The highest BCUT2D eigenvalue weighted by molar-refractivity contribution is 7.89. The average molecular weight is 491 g/mol. The molecule has 1 aromatic carbocycles. The molecule has 0 amide bonds. The number of pyridine rings is 2. The summed E-state index contributed by atoms with van der Waals surface area (Å²) in [5, 5.41) is 8.51. The van der Waals surface area contributed by atoms with E-state index in [1.807, 2.05) is 30.3 Å². The predicted octanol–water partition coefficient (Wildman–Crippen LogP) is 3.21. The van der Waals surface area contributed by atoms with Crippen LogP contribution in [0.1, 0.15) is 18.3 Å². The van der Waals surface area contributed by atoms with E-state index in [-0.39, 0.29) is 23.8 Å². The van der Waals surface area contributed by atoms with Crippen LogP contribution in [-0.4, -0.2) is 38.9 Å². The molecule has 3 heterocycles. The van der Waals surface area contributed by atoms with Gasteiger partial charge in [-0.3, -0.25) is 9.78 Å². The van der Waals surface area contributed by atoms with Crippen LogP contribution in [0.4, 0.5) is 5.82 Å². The molecule has 0 saturated carbocycles. The highest BCUT2D eigenvalue weighted by Crippen LogP contribution is 2.21. The van der Waals surface area contributed by atoms with Crippen molar-refractivity contribution in [3.05, 3.63) is 96.6 Å². The third kappa shape index (κ3) is 6.22. The Morgan fingerprint density at radius 1 is 0.914 bits per heavy atom. The number of carbonyl (C=O) groups excluding carboxylic acids is 1. The van der Waals surface area contributed by atoms with Crippen LogP contribution in [0.15, 0.2) is 90.1 Å². The molecule has 1 N–H and O–H groups in total. The first-order valence-electron chi connectivity index (χ1n) is 10.6. The van der Waals surface area contributed by atoms with E-state index < -0.39 is 16.0 Å². The van der Waals surface area contributed by atoms with Gasteiger partial charge in [-0.15, -0.1) is 0 Å². The van der Waals surface area contributed by atoms with Crippen LogP contribution < -0.4 is 5.48 Å². The Kier molecular flexibility index (Phi) is 7.38. The lowest BCUT2D eigenvalue weighted by molar-refractivity contribution is -0.138. The first kappa shape index (κ1) is 23.9. The summed E-state index contributed by atoms with van der Waals surface area (Å²) in [5.41, 5.74) is 4.93. The normalized spacial score (nSPS) is 11.3. The average Bonchev–Trinajstić information content (AvgIpc) is 2.89. The third-order valence-corrected chi connectivity index (χ3v) is 6.62. The highest BCUT2D eigenvalue weighted by Gasteiger charge is 2.26. The predicted molar refractivity (Wildman–Crippen MR) is 128 cm³/mol.